The van der Waals surface area contributed by atoms with Crippen molar-refractivity contribution in [2.75, 3.05) is 0 Å². The first kappa shape index (κ1) is 8.94. The lowest BCUT2D eigenvalue weighted by molar-refractivity contribution is -0.112. The van der Waals surface area contributed by atoms with Gasteiger partial charge in [-0.05, 0) is 13.3 Å². The van der Waals surface area contributed by atoms with E-state index in [9.17, 15) is 4.79 Å². The van der Waals surface area contributed by atoms with E-state index in [1.807, 2.05) is 0 Å². The highest BCUT2D eigenvalue weighted by Crippen LogP contribution is 2.16. The number of hydrogen-bond acceptors (Lipinski definition) is 3. The zero-order chi connectivity index (χ0) is 8.20. The van der Waals surface area contributed by atoms with Crippen molar-refractivity contribution in [2.24, 2.45) is 16.3 Å². The topological polar surface area (TPSA) is 75.7 Å². The Bertz CT molecular complexity index is 156. The highest BCUT2D eigenvalue weighted by molar-refractivity contribution is 5.98. The molecule has 0 aromatic carbocycles. The Kier molecular flexibility index (Phi) is 2.86. The van der Waals surface area contributed by atoms with Gasteiger partial charge in [0.1, 0.15) is 6.29 Å². The number of aldehydes is 1. The van der Waals surface area contributed by atoms with Crippen LogP contribution in [0.5, 0.6) is 0 Å². The monoisotopic (exact) mass is 144 g/mol. The summed E-state index contributed by atoms with van der Waals surface area (Å²) in [5.41, 5.74) is 4.43. The van der Waals surface area contributed by atoms with E-state index < -0.39 is 5.41 Å². The van der Waals surface area contributed by atoms with Crippen molar-refractivity contribution in [3.05, 3.63) is 0 Å². The van der Waals surface area contributed by atoms with Crippen LogP contribution in [0.25, 0.3) is 0 Å². The van der Waals surface area contributed by atoms with Crippen LogP contribution >= 0.6 is 0 Å². The van der Waals surface area contributed by atoms with Crippen LogP contribution in [0.4, 0.5) is 0 Å². The molecular formula is C6H12N2O2. The minimum absolute atomic E-state index is 0.0370. The molecule has 0 aromatic heterocycles. The van der Waals surface area contributed by atoms with Gasteiger partial charge in [0.2, 0.25) is 0 Å². The van der Waals surface area contributed by atoms with Crippen molar-refractivity contribution in [1.29, 1.82) is 0 Å². The summed E-state index contributed by atoms with van der Waals surface area (Å²) < 4.78 is 0. The molecular weight excluding hydrogens is 132 g/mol. The van der Waals surface area contributed by atoms with Crippen molar-refractivity contribution in [3.63, 3.8) is 0 Å². The molecule has 0 heterocycles. The molecule has 0 aliphatic carbocycles. The average molecular weight is 144 g/mol. The molecule has 4 heteroatoms. The normalized spacial score (nSPS) is 18.0. The smallest absolute Gasteiger partial charge is 0.152 e. The Labute approximate surface area is 59.7 Å². The highest BCUT2D eigenvalue weighted by Gasteiger charge is 2.26. The van der Waals surface area contributed by atoms with E-state index in [1.54, 1.807) is 13.8 Å². The van der Waals surface area contributed by atoms with Crippen LogP contribution in [0.3, 0.4) is 0 Å². The van der Waals surface area contributed by atoms with E-state index in [0.29, 0.717) is 12.7 Å². The number of carbonyl (C=O) groups excluding carboxylic acids is 1. The molecule has 0 radical (unpaired) electrons. The number of hydrogen-bond donors (Lipinski definition) is 2. The largest absolute Gasteiger partial charge is 0.409 e. The van der Waals surface area contributed by atoms with Crippen LogP contribution in [0.2, 0.25) is 0 Å². The van der Waals surface area contributed by atoms with Gasteiger partial charge < -0.3 is 15.7 Å². The van der Waals surface area contributed by atoms with Gasteiger partial charge >= 0.3 is 0 Å². The average Bonchev–Trinajstić information content (AvgIpc) is 2.01. The zero-order valence-corrected chi connectivity index (χ0v) is 6.16. The van der Waals surface area contributed by atoms with Gasteiger partial charge in [0, 0.05) is 0 Å². The standard InChI is InChI=1S/C6H12N2O2/c1-3-6(2,4-9)5(7)8-10/h4,10H,3H2,1-2H3,(H2,7,8). The molecule has 10 heavy (non-hydrogen) atoms. The minimum Gasteiger partial charge on any atom is -0.409 e. The predicted octanol–water partition coefficient (Wildman–Crippen LogP) is 0.348. The van der Waals surface area contributed by atoms with Gasteiger partial charge in [-0.15, -0.1) is 0 Å². The summed E-state index contributed by atoms with van der Waals surface area (Å²) in [7, 11) is 0. The van der Waals surface area contributed by atoms with Crippen LogP contribution in [-0.4, -0.2) is 17.3 Å². The maximum absolute atomic E-state index is 10.4. The zero-order valence-electron chi connectivity index (χ0n) is 6.16. The number of oxime groups is 1. The van der Waals surface area contributed by atoms with Gasteiger partial charge in [-0.1, -0.05) is 12.1 Å². The fourth-order valence-corrected chi connectivity index (χ4v) is 0.439. The summed E-state index contributed by atoms with van der Waals surface area (Å²) >= 11 is 0. The van der Waals surface area contributed by atoms with Gasteiger partial charge in [0.05, 0.1) is 5.41 Å². The second-order valence-corrected chi connectivity index (χ2v) is 2.37. The number of nitrogens with two attached hydrogens (primary N) is 1. The minimum atomic E-state index is -0.811. The summed E-state index contributed by atoms with van der Waals surface area (Å²) in [6.45, 7) is 3.42. The number of rotatable bonds is 3. The molecule has 0 bridgehead atoms. The van der Waals surface area contributed by atoms with Gasteiger partial charge in [0.25, 0.3) is 0 Å². The summed E-state index contributed by atoms with van der Waals surface area (Å²) in [5.74, 6) is -0.0370. The molecule has 0 fully saturated rings. The van der Waals surface area contributed by atoms with Crippen LogP contribution < -0.4 is 5.73 Å². The van der Waals surface area contributed by atoms with E-state index in [1.165, 1.54) is 0 Å². The van der Waals surface area contributed by atoms with Crippen molar-refractivity contribution in [2.45, 2.75) is 20.3 Å². The molecule has 58 valence electrons. The number of carbonyl (C=O) groups is 1. The van der Waals surface area contributed by atoms with Crippen molar-refractivity contribution in [3.8, 4) is 0 Å². The number of nitrogens with zero attached hydrogens (tertiary/aromatic N) is 1. The molecule has 0 spiro atoms. The first-order valence-corrected chi connectivity index (χ1v) is 3.05. The highest BCUT2D eigenvalue weighted by atomic mass is 16.4. The lowest BCUT2D eigenvalue weighted by atomic mass is 9.88. The van der Waals surface area contributed by atoms with E-state index in [4.69, 9.17) is 10.9 Å². The first-order chi connectivity index (χ1) is 4.60. The Morgan fingerprint density at radius 1 is 1.90 bits per heavy atom. The van der Waals surface area contributed by atoms with E-state index in [-0.39, 0.29) is 5.84 Å². The number of amidine groups is 1. The molecule has 0 aliphatic rings. The second-order valence-electron chi connectivity index (χ2n) is 2.37. The Hall–Kier alpha value is -1.06. The first-order valence-electron chi connectivity index (χ1n) is 3.05. The Morgan fingerprint density at radius 2 is 2.40 bits per heavy atom. The van der Waals surface area contributed by atoms with Gasteiger partial charge in [0.15, 0.2) is 5.84 Å². The molecule has 0 amide bonds. The van der Waals surface area contributed by atoms with Crippen molar-refractivity contribution in [1.82, 2.24) is 0 Å². The molecule has 1 atom stereocenters. The molecule has 0 saturated heterocycles. The van der Waals surface area contributed by atoms with Crippen LogP contribution in [0.1, 0.15) is 20.3 Å². The van der Waals surface area contributed by atoms with Crippen molar-refractivity contribution < 1.29 is 10.0 Å². The Balaban J connectivity index is 4.48. The van der Waals surface area contributed by atoms with Gasteiger partial charge in [-0.3, -0.25) is 0 Å². The summed E-state index contributed by atoms with van der Waals surface area (Å²) in [6.07, 6.45) is 1.22. The maximum Gasteiger partial charge on any atom is 0.152 e. The lowest BCUT2D eigenvalue weighted by Gasteiger charge is -2.17. The van der Waals surface area contributed by atoms with Crippen LogP contribution in [-0.2, 0) is 4.79 Å². The van der Waals surface area contributed by atoms with Crippen LogP contribution in [0.15, 0.2) is 5.16 Å². The second kappa shape index (κ2) is 3.20. The SMILES string of the molecule is CCC(C)(C=O)/C(N)=N/O. The third-order valence-electron chi connectivity index (χ3n) is 1.69. The van der Waals surface area contributed by atoms with E-state index >= 15 is 0 Å². The molecule has 0 rings (SSSR count). The quantitative estimate of drug-likeness (QED) is 0.197. The fourth-order valence-electron chi connectivity index (χ4n) is 0.439. The lowest BCUT2D eigenvalue weighted by Crippen LogP contribution is -2.35. The summed E-state index contributed by atoms with van der Waals surface area (Å²) in [4.78, 5) is 10.4. The molecule has 0 aliphatic heterocycles. The van der Waals surface area contributed by atoms with Gasteiger partial charge in [-0.25, -0.2) is 0 Å². The van der Waals surface area contributed by atoms with Gasteiger partial charge in [-0.2, -0.15) is 0 Å². The van der Waals surface area contributed by atoms with Crippen molar-refractivity contribution >= 4 is 12.1 Å². The molecule has 0 saturated carbocycles. The molecule has 3 N–H and O–H groups in total. The molecule has 0 aromatic rings. The molecule has 4 nitrogen and oxygen atoms in total. The maximum atomic E-state index is 10.4. The summed E-state index contributed by atoms with van der Waals surface area (Å²) in [5, 5.41) is 11.0. The fraction of sp³-hybridized carbons (Fsp3) is 0.667. The predicted molar refractivity (Wildman–Crippen MR) is 37.9 cm³/mol. The van der Waals surface area contributed by atoms with E-state index in [2.05, 4.69) is 5.16 Å². The Morgan fingerprint density at radius 3 is 2.50 bits per heavy atom. The third kappa shape index (κ3) is 1.46. The van der Waals surface area contributed by atoms with Crippen LogP contribution in [0, 0.1) is 5.41 Å². The summed E-state index contributed by atoms with van der Waals surface area (Å²) in [6, 6.07) is 0. The third-order valence-corrected chi connectivity index (χ3v) is 1.69. The molecule has 1 unspecified atom stereocenters. The van der Waals surface area contributed by atoms with E-state index in [0.717, 1.165) is 0 Å².